The molecular formula is C14H17ClO. The zero-order valence-corrected chi connectivity index (χ0v) is 10.4. The predicted molar refractivity (Wildman–Crippen MR) is 69.1 cm³/mol. The summed E-state index contributed by atoms with van der Waals surface area (Å²) in [6.07, 6.45) is 2.92. The molecule has 0 atom stereocenters. The number of hydrogen-bond donors (Lipinski definition) is 0. The molecule has 0 aromatic heterocycles. The first-order valence-electron chi connectivity index (χ1n) is 5.65. The van der Waals surface area contributed by atoms with Crippen molar-refractivity contribution in [3.63, 3.8) is 0 Å². The number of rotatable bonds is 5. The quantitative estimate of drug-likeness (QED) is 0.429. The molecule has 0 aliphatic carbocycles. The number of ether oxygens (including phenoxy) is 1. The van der Waals surface area contributed by atoms with Gasteiger partial charge in [0.05, 0.1) is 12.2 Å². The maximum Gasteiger partial charge on any atom is 0.134 e. The van der Waals surface area contributed by atoms with Gasteiger partial charge in [-0.3, -0.25) is 0 Å². The van der Waals surface area contributed by atoms with Crippen LogP contribution in [0.2, 0.25) is 0 Å². The van der Waals surface area contributed by atoms with E-state index in [1.54, 1.807) is 0 Å². The Morgan fingerprint density at radius 3 is 2.88 bits per heavy atom. The van der Waals surface area contributed by atoms with E-state index in [-0.39, 0.29) is 0 Å². The van der Waals surface area contributed by atoms with Crippen LogP contribution in [0, 0.1) is 11.8 Å². The summed E-state index contributed by atoms with van der Waals surface area (Å²) in [5, 5.41) is 0. The Labute approximate surface area is 103 Å². The lowest BCUT2D eigenvalue weighted by Crippen LogP contribution is -1.98. The van der Waals surface area contributed by atoms with Gasteiger partial charge < -0.3 is 4.74 Å². The van der Waals surface area contributed by atoms with Gasteiger partial charge in [-0.05, 0) is 18.6 Å². The number of benzene rings is 1. The molecule has 16 heavy (non-hydrogen) atoms. The van der Waals surface area contributed by atoms with Crippen molar-refractivity contribution in [2.24, 2.45) is 0 Å². The number of halogens is 1. The van der Waals surface area contributed by atoms with E-state index in [0.29, 0.717) is 12.3 Å². The van der Waals surface area contributed by atoms with E-state index in [1.165, 1.54) is 0 Å². The summed E-state index contributed by atoms with van der Waals surface area (Å²) in [6.45, 7) is 2.90. The lowest BCUT2D eigenvalue weighted by molar-refractivity contribution is 0.308. The number of alkyl halides is 1. The summed E-state index contributed by atoms with van der Waals surface area (Å²) >= 11 is 5.58. The summed E-state index contributed by atoms with van der Waals surface area (Å²) in [7, 11) is 0. The molecule has 1 aromatic carbocycles. The van der Waals surface area contributed by atoms with Crippen molar-refractivity contribution in [2.45, 2.75) is 26.2 Å². The molecule has 2 heteroatoms. The van der Waals surface area contributed by atoms with Gasteiger partial charge >= 0.3 is 0 Å². The highest BCUT2D eigenvalue weighted by Crippen LogP contribution is 2.16. The lowest BCUT2D eigenvalue weighted by atomic mass is 10.2. The van der Waals surface area contributed by atoms with Gasteiger partial charge in [0.25, 0.3) is 0 Å². The van der Waals surface area contributed by atoms with Crippen LogP contribution in [0.25, 0.3) is 0 Å². The van der Waals surface area contributed by atoms with Crippen molar-refractivity contribution >= 4 is 11.6 Å². The van der Waals surface area contributed by atoms with E-state index in [1.807, 2.05) is 24.3 Å². The zero-order valence-electron chi connectivity index (χ0n) is 9.63. The van der Waals surface area contributed by atoms with Gasteiger partial charge in [-0.1, -0.05) is 37.3 Å². The highest BCUT2D eigenvalue weighted by atomic mass is 35.5. The molecule has 0 bridgehead atoms. The zero-order chi connectivity index (χ0) is 11.6. The molecule has 0 saturated carbocycles. The molecule has 1 rings (SSSR count). The van der Waals surface area contributed by atoms with Crippen molar-refractivity contribution in [1.82, 2.24) is 0 Å². The average molecular weight is 237 g/mol. The number of hydrogen-bond acceptors (Lipinski definition) is 1. The van der Waals surface area contributed by atoms with E-state index in [9.17, 15) is 0 Å². The fourth-order valence-corrected chi connectivity index (χ4v) is 1.32. The van der Waals surface area contributed by atoms with E-state index in [0.717, 1.165) is 30.8 Å². The molecule has 0 aliphatic heterocycles. The molecule has 86 valence electrons. The van der Waals surface area contributed by atoms with E-state index in [2.05, 4.69) is 18.8 Å². The SMILES string of the molecule is CCCCOc1ccccc1C#CCCCl. The summed E-state index contributed by atoms with van der Waals surface area (Å²) in [6, 6.07) is 7.87. The third kappa shape index (κ3) is 4.59. The molecule has 0 unspecified atom stereocenters. The van der Waals surface area contributed by atoms with Crippen molar-refractivity contribution in [1.29, 1.82) is 0 Å². The van der Waals surface area contributed by atoms with Gasteiger partial charge in [0, 0.05) is 12.3 Å². The second-order valence-corrected chi connectivity index (χ2v) is 3.82. The second kappa shape index (κ2) is 8.07. The van der Waals surface area contributed by atoms with Gasteiger partial charge in [-0.25, -0.2) is 0 Å². The molecule has 1 nitrogen and oxygen atoms in total. The third-order valence-electron chi connectivity index (χ3n) is 2.09. The van der Waals surface area contributed by atoms with Gasteiger partial charge in [0.15, 0.2) is 0 Å². The Bertz CT molecular complexity index is 362. The Balaban J connectivity index is 2.65. The molecule has 0 saturated heterocycles. The van der Waals surface area contributed by atoms with Crippen LogP contribution >= 0.6 is 11.6 Å². The largest absolute Gasteiger partial charge is 0.492 e. The molecule has 0 amide bonds. The first-order chi connectivity index (χ1) is 7.88. The maximum absolute atomic E-state index is 5.67. The van der Waals surface area contributed by atoms with Crippen LogP contribution < -0.4 is 4.74 Å². The second-order valence-electron chi connectivity index (χ2n) is 3.44. The van der Waals surface area contributed by atoms with E-state index < -0.39 is 0 Å². The van der Waals surface area contributed by atoms with E-state index >= 15 is 0 Å². The highest BCUT2D eigenvalue weighted by Gasteiger charge is 1.98. The van der Waals surface area contributed by atoms with Crippen molar-refractivity contribution in [2.75, 3.05) is 12.5 Å². The normalized spacial score (nSPS) is 9.38. The highest BCUT2D eigenvalue weighted by molar-refractivity contribution is 6.18. The smallest absolute Gasteiger partial charge is 0.134 e. The van der Waals surface area contributed by atoms with E-state index in [4.69, 9.17) is 16.3 Å². The average Bonchev–Trinajstić information content (AvgIpc) is 2.32. The van der Waals surface area contributed by atoms with Crippen LogP contribution in [0.1, 0.15) is 31.7 Å². The van der Waals surface area contributed by atoms with Crippen LogP contribution in [0.4, 0.5) is 0 Å². The first kappa shape index (κ1) is 12.9. The topological polar surface area (TPSA) is 9.23 Å². The minimum atomic E-state index is 0.575. The van der Waals surface area contributed by atoms with Crippen molar-refractivity contribution < 1.29 is 4.74 Å². The summed E-state index contributed by atoms with van der Waals surface area (Å²) < 4.78 is 5.67. The number of unbranched alkanes of at least 4 members (excludes halogenated alkanes) is 1. The minimum absolute atomic E-state index is 0.575. The Morgan fingerprint density at radius 2 is 2.12 bits per heavy atom. The molecular weight excluding hydrogens is 220 g/mol. The van der Waals surface area contributed by atoms with Crippen LogP contribution in [-0.2, 0) is 0 Å². The molecule has 0 aliphatic rings. The Hall–Kier alpha value is -1.13. The van der Waals surface area contributed by atoms with Crippen LogP contribution in [0.5, 0.6) is 5.75 Å². The lowest BCUT2D eigenvalue weighted by Gasteiger charge is -2.06. The molecule has 1 aromatic rings. The van der Waals surface area contributed by atoms with Crippen molar-refractivity contribution in [3.8, 4) is 17.6 Å². The minimum Gasteiger partial charge on any atom is -0.492 e. The van der Waals surface area contributed by atoms with Crippen molar-refractivity contribution in [3.05, 3.63) is 29.8 Å². The molecule has 0 N–H and O–H groups in total. The standard InChI is InChI=1S/C14H17ClO/c1-2-3-12-16-14-10-5-4-8-13(14)9-6-7-11-15/h4-5,8,10H,2-3,7,11-12H2,1H3. The van der Waals surface area contributed by atoms with Gasteiger partial charge in [-0.2, -0.15) is 0 Å². The molecule has 0 radical (unpaired) electrons. The third-order valence-corrected chi connectivity index (χ3v) is 2.27. The van der Waals surface area contributed by atoms with Crippen LogP contribution in [-0.4, -0.2) is 12.5 Å². The maximum atomic E-state index is 5.67. The van der Waals surface area contributed by atoms with Gasteiger partial charge in [0.1, 0.15) is 5.75 Å². The Morgan fingerprint density at radius 1 is 1.31 bits per heavy atom. The van der Waals surface area contributed by atoms with Gasteiger partial charge in [-0.15, -0.1) is 11.6 Å². The molecule has 0 heterocycles. The summed E-state index contributed by atoms with van der Waals surface area (Å²) in [5.74, 6) is 7.55. The summed E-state index contributed by atoms with van der Waals surface area (Å²) in [4.78, 5) is 0. The molecule has 0 spiro atoms. The van der Waals surface area contributed by atoms with Crippen LogP contribution in [0.3, 0.4) is 0 Å². The monoisotopic (exact) mass is 236 g/mol. The van der Waals surface area contributed by atoms with Gasteiger partial charge in [0.2, 0.25) is 0 Å². The Kier molecular flexibility index (Phi) is 6.53. The van der Waals surface area contributed by atoms with Crippen LogP contribution in [0.15, 0.2) is 24.3 Å². The number of para-hydroxylation sites is 1. The predicted octanol–water partition coefficient (Wildman–Crippen LogP) is 3.85. The fraction of sp³-hybridized carbons (Fsp3) is 0.429. The first-order valence-corrected chi connectivity index (χ1v) is 6.18. The summed E-state index contributed by atoms with van der Waals surface area (Å²) in [5.41, 5.74) is 0.948. The fourth-order valence-electron chi connectivity index (χ4n) is 1.23. The molecule has 0 fully saturated rings.